The summed E-state index contributed by atoms with van der Waals surface area (Å²) in [5.41, 5.74) is -0.327. The van der Waals surface area contributed by atoms with Gasteiger partial charge in [-0.25, -0.2) is 19.6 Å². The molecule has 0 radical (unpaired) electrons. The van der Waals surface area contributed by atoms with E-state index in [0.29, 0.717) is 43.3 Å². The maximum Gasteiger partial charge on any atom is 0.417 e. The van der Waals surface area contributed by atoms with Gasteiger partial charge in [-0.15, -0.1) is 0 Å². The topological polar surface area (TPSA) is 175 Å². The zero-order chi connectivity index (χ0) is 39.6. The molecule has 4 heterocycles. The number of aromatic nitrogens is 4. The third-order valence-electron chi connectivity index (χ3n) is 10.1. The molecular formula is C37H49F3N8O6. The number of alkyl halides is 3. The molecule has 2 aliphatic heterocycles. The van der Waals surface area contributed by atoms with E-state index in [0.717, 1.165) is 6.07 Å². The van der Waals surface area contributed by atoms with Crippen LogP contribution in [0, 0.1) is 23.7 Å². The molecule has 0 saturated carbocycles. The minimum atomic E-state index is -4.74. The number of carbonyl (C=O) groups excluding carboxylic acids is 4. The standard InChI is InChI=1S/C37H49F3N8O6/c1-18(2)29(45-35(51)53-7)33(49)47-16-20(5)11-27(47)31-41-14-25(43-31)22-9-10-23(24(13-22)37(38,39)40)26-15-42-32(44-26)28-12-21(6)17-48(28)34(50)30(19(3)4)46-36(52)54-8/h9-10,13-15,18-21,27-30H,11-12,16-17H2,1-8H3,(H,41,43)(H,42,44)(H,45,51)(H,46,52)/t20-,21-,27-,28-,29-,30-/m0/s1. The van der Waals surface area contributed by atoms with E-state index in [1.54, 1.807) is 29.7 Å². The van der Waals surface area contributed by atoms with E-state index >= 15 is 0 Å². The van der Waals surface area contributed by atoms with Crippen LogP contribution < -0.4 is 10.6 Å². The van der Waals surface area contributed by atoms with Crippen molar-refractivity contribution in [2.75, 3.05) is 27.3 Å². The van der Waals surface area contributed by atoms with Crippen LogP contribution in [0.1, 0.15) is 83.7 Å². The third-order valence-corrected chi connectivity index (χ3v) is 10.1. The van der Waals surface area contributed by atoms with Crippen molar-refractivity contribution in [2.24, 2.45) is 23.7 Å². The number of hydrogen-bond acceptors (Lipinski definition) is 8. The van der Waals surface area contributed by atoms with E-state index < -0.39 is 48.1 Å². The van der Waals surface area contributed by atoms with Gasteiger partial charge in [0.1, 0.15) is 23.7 Å². The lowest BCUT2D eigenvalue weighted by Gasteiger charge is -2.30. The molecule has 6 atom stereocenters. The highest BCUT2D eigenvalue weighted by Crippen LogP contribution is 2.41. The van der Waals surface area contributed by atoms with Crippen molar-refractivity contribution in [3.63, 3.8) is 0 Å². The molecule has 2 aromatic heterocycles. The summed E-state index contributed by atoms with van der Waals surface area (Å²) < 4.78 is 53.5. The van der Waals surface area contributed by atoms with Gasteiger partial charge in [0.2, 0.25) is 11.8 Å². The van der Waals surface area contributed by atoms with Gasteiger partial charge in [0, 0.05) is 24.2 Å². The highest BCUT2D eigenvalue weighted by molar-refractivity contribution is 5.87. The highest BCUT2D eigenvalue weighted by atomic mass is 19.4. The Morgan fingerprint density at radius 3 is 1.65 bits per heavy atom. The molecule has 54 heavy (non-hydrogen) atoms. The summed E-state index contributed by atoms with van der Waals surface area (Å²) in [6.07, 6.45) is -2.33. The van der Waals surface area contributed by atoms with Crippen molar-refractivity contribution in [3.05, 3.63) is 47.8 Å². The maximum absolute atomic E-state index is 14.7. The number of carbonyl (C=O) groups is 4. The van der Waals surface area contributed by atoms with Crippen LogP contribution >= 0.6 is 0 Å². The van der Waals surface area contributed by atoms with Gasteiger partial charge in [-0.05, 0) is 42.6 Å². The van der Waals surface area contributed by atoms with Gasteiger partial charge in [0.05, 0.1) is 55.6 Å². The molecule has 14 nitrogen and oxygen atoms in total. The van der Waals surface area contributed by atoms with Crippen molar-refractivity contribution in [1.82, 2.24) is 40.4 Å². The Labute approximate surface area is 312 Å². The lowest BCUT2D eigenvalue weighted by Crippen LogP contribution is -2.51. The minimum Gasteiger partial charge on any atom is -0.453 e. The Hall–Kier alpha value is -5.09. The molecule has 17 heteroatoms. The molecule has 0 unspecified atom stereocenters. The Bertz CT molecular complexity index is 1840. The van der Waals surface area contributed by atoms with Crippen molar-refractivity contribution < 1.29 is 41.8 Å². The molecule has 5 rings (SSSR count). The van der Waals surface area contributed by atoms with Gasteiger partial charge in [-0.3, -0.25) is 9.59 Å². The molecule has 0 spiro atoms. The first kappa shape index (κ1) is 40.1. The predicted octanol–water partition coefficient (Wildman–Crippen LogP) is 6.07. The number of amides is 4. The van der Waals surface area contributed by atoms with Crippen LogP contribution in [0.3, 0.4) is 0 Å². The second-order valence-electron chi connectivity index (χ2n) is 15.0. The lowest BCUT2D eigenvalue weighted by molar-refractivity contribution is -0.137. The van der Waals surface area contributed by atoms with Gasteiger partial charge in [-0.1, -0.05) is 53.7 Å². The smallest absolute Gasteiger partial charge is 0.417 e. The first-order chi connectivity index (χ1) is 25.4. The summed E-state index contributed by atoms with van der Waals surface area (Å²) >= 11 is 0. The molecule has 4 amide bonds. The Morgan fingerprint density at radius 1 is 0.778 bits per heavy atom. The van der Waals surface area contributed by atoms with Gasteiger partial charge in [-0.2, -0.15) is 13.2 Å². The van der Waals surface area contributed by atoms with Crippen LogP contribution in [-0.2, 0) is 25.2 Å². The van der Waals surface area contributed by atoms with Crippen molar-refractivity contribution in [3.8, 4) is 22.5 Å². The molecule has 2 aliphatic rings. The molecule has 1 aromatic carbocycles. The summed E-state index contributed by atoms with van der Waals surface area (Å²) in [6, 6.07) is 1.22. The summed E-state index contributed by atoms with van der Waals surface area (Å²) in [6.45, 7) is 12.0. The number of ether oxygens (including phenoxy) is 2. The van der Waals surface area contributed by atoms with Crippen molar-refractivity contribution in [2.45, 2.75) is 84.7 Å². The molecular weight excluding hydrogens is 709 g/mol. The lowest BCUT2D eigenvalue weighted by atomic mass is 10.00. The van der Waals surface area contributed by atoms with Gasteiger partial charge in [0.25, 0.3) is 0 Å². The number of benzene rings is 1. The number of likely N-dealkylation sites (tertiary alicyclic amines) is 2. The second-order valence-corrected chi connectivity index (χ2v) is 15.0. The fourth-order valence-electron chi connectivity index (χ4n) is 7.33. The first-order valence-electron chi connectivity index (χ1n) is 18.0. The van der Waals surface area contributed by atoms with Crippen LogP contribution in [0.15, 0.2) is 30.6 Å². The van der Waals surface area contributed by atoms with Crippen LogP contribution in [0.5, 0.6) is 0 Å². The summed E-state index contributed by atoms with van der Waals surface area (Å²) in [7, 11) is 2.43. The van der Waals surface area contributed by atoms with Gasteiger partial charge in [0.15, 0.2) is 0 Å². The van der Waals surface area contributed by atoms with Crippen molar-refractivity contribution >= 4 is 24.0 Å². The average Bonchev–Trinajstić information content (AvgIpc) is 3.94. The van der Waals surface area contributed by atoms with E-state index in [2.05, 4.69) is 30.6 Å². The number of H-pyrrole nitrogens is 2. The first-order valence-corrected chi connectivity index (χ1v) is 18.0. The molecule has 2 fully saturated rings. The number of methoxy groups -OCH3 is 2. The van der Waals surface area contributed by atoms with E-state index in [9.17, 15) is 32.3 Å². The number of alkyl carbamates (subject to hydrolysis) is 2. The quantitative estimate of drug-likeness (QED) is 0.193. The molecule has 3 aromatic rings. The van der Waals surface area contributed by atoms with Crippen LogP contribution in [-0.4, -0.2) is 93.1 Å². The van der Waals surface area contributed by atoms with Crippen LogP contribution in [0.25, 0.3) is 22.5 Å². The maximum atomic E-state index is 14.7. The summed E-state index contributed by atoms with van der Waals surface area (Å²) in [5, 5.41) is 5.21. The minimum absolute atomic E-state index is 0.0774. The normalized spacial score (nSPS) is 21.4. The third kappa shape index (κ3) is 8.49. The number of aromatic amines is 2. The SMILES string of the molecule is COC(=O)N[C@H](C(=O)N1C[C@@H](C)C[C@H]1c1ncc(-c2ccc(-c3cnc([C@@H]4C[C@H](C)CN4C(=O)[C@@H](NC(=O)OC)C(C)C)[nH]3)c(C(F)(F)F)c2)[nH]1)C(C)C. The number of nitrogens with one attached hydrogen (secondary N) is 4. The fourth-order valence-corrected chi connectivity index (χ4v) is 7.33. The summed E-state index contributed by atoms with van der Waals surface area (Å²) in [4.78, 5) is 69.7. The average molecular weight is 759 g/mol. The number of nitrogens with zero attached hydrogens (tertiary/aromatic N) is 4. The second kappa shape index (κ2) is 16.1. The number of hydrogen-bond donors (Lipinski definition) is 4. The van der Waals surface area contributed by atoms with Gasteiger partial charge >= 0.3 is 18.4 Å². The largest absolute Gasteiger partial charge is 0.453 e. The van der Waals surface area contributed by atoms with E-state index in [-0.39, 0.29) is 52.3 Å². The zero-order valence-corrected chi connectivity index (χ0v) is 31.7. The number of rotatable bonds is 10. The van der Waals surface area contributed by atoms with E-state index in [1.807, 2.05) is 27.7 Å². The van der Waals surface area contributed by atoms with Crippen LogP contribution in [0.4, 0.5) is 22.8 Å². The number of imidazole rings is 2. The van der Waals surface area contributed by atoms with E-state index in [4.69, 9.17) is 9.47 Å². The highest BCUT2D eigenvalue weighted by Gasteiger charge is 2.42. The van der Waals surface area contributed by atoms with Crippen LogP contribution in [0.2, 0.25) is 0 Å². The Balaban J connectivity index is 1.41. The summed E-state index contributed by atoms with van der Waals surface area (Å²) in [5.74, 6) is -0.179. The Morgan fingerprint density at radius 2 is 1.22 bits per heavy atom. The zero-order valence-electron chi connectivity index (χ0n) is 31.7. The monoisotopic (exact) mass is 758 g/mol. The fraction of sp³-hybridized carbons (Fsp3) is 0.568. The van der Waals surface area contributed by atoms with E-state index in [1.165, 1.54) is 32.7 Å². The Kier molecular flexibility index (Phi) is 12.0. The molecule has 0 bridgehead atoms. The van der Waals surface area contributed by atoms with Crippen molar-refractivity contribution in [1.29, 1.82) is 0 Å². The number of halogens is 3. The van der Waals surface area contributed by atoms with Gasteiger partial charge < -0.3 is 39.9 Å². The molecule has 2 saturated heterocycles. The molecule has 4 N–H and O–H groups in total. The molecule has 0 aliphatic carbocycles. The molecule has 294 valence electrons. The predicted molar refractivity (Wildman–Crippen MR) is 191 cm³/mol.